The van der Waals surface area contributed by atoms with Gasteiger partial charge in [-0.2, -0.15) is 0 Å². The molecule has 1 unspecified atom stereocenters. The summed E-state index contributed by atoms with van der Waals surface area (Å²) in [7, 11) is 1.77. The second-order valence-electron chi connectivity index (χ2n) is 4.47. The number of anilines is 2. The summed E-state index contributed by atoms with van der Waals surface area (Å²) in [5.74, 6) is 0.637. The SMILES string of the molecule is COCC1CCCN(c2ccccc2N)C1. The van der Waals surface area contributed by atoms with Crippen LogP contribution in [0.25, 0.3) is 0 Å². The molecule has 0 saturated carbocycles. The van der Waals surface area contributed by atoms with Gasteiger partial charge in [0.1, 0.15) is 0 Å². The number of nitrogens with two attached hydrogens (primary N) is 1. The molecule has 2 N–H and O–H groups in total. The molecular formula is C13H20N2O. The molecule has 3 nitrogen and oxygen atoms in total. The zero-order chi connectivity index (χ0) is 11.4. The van der Waals surface area contributed by atoms with E-state index in [0.29, 0.717) is 5.92 Å². The van der Waals surface area contributed by atoms with Gasteiger partial charge in [-0.3, -0.25) is 0 Å². The number of benzene rings is 1. The second kappa shape index (κ2) is 5.21. The second-order valence-corrected chi connectivity index (χ2v) is 4.47. The van der Waals surface area contributed by atoms with Gasteiger partial charge in [0, 0.05) is 20.2 Å². The highest BCUT2D eigenvalue weighted by Gasteiger charge is 2.20. The monoisotopic (exact) mass is 220 g/mol. The maximum atomic E-state index is 6.00. The van der Waals surface area contributed by atoms with Crippen LogP contribution in [0.3, 0.4) is 0 Å². The van der Waals surface area contributed by atoms with Crippen LogP contribution in [-0.4, -0.2) is 26.8 Å². The fourth-order valence-corrected chi connectivity index (χ4v) is 2.43. The minimum atomic E-state index is 0.637. The van der Waals surface area contributed by atoms with Crippen molar-refractivity contribution in [3.63, 3.8) is 0 Å². The van der Waals surface area contributed by atoms with Crippen LogP contribution >= 0.6 is 0 Å². The standard InChI is InChI=1S/C13H20N2O/c1-16-10-11-5-4-8-15(9-11)13-7-3-2-6-12(13)14/h2-3,6-7,11H,4-5,8-10,14H2,1H3. The molecular weight excluding hydrogens is 200 g/mol. The maximum Gasteiger partial charge on any atom is 0.0600 e. The fraction of sp³-hybridized carbons (Fsp3) is 0.538. The minimum absolute atomic E-state index is 0.637. The first-order valence-electron chi connectivity index (χ1n) is 5.89. The third kappa shape index (κ3) is 2.47. The van der Waals surface area contributed by atoms with Gasteiger partial charge in [-0.05, 0) is 30.9 Å². The Morgan fingerprint density at radius 1 is 1.44 bits per heavy atom. The van der Waals surface area contributed by atoms with Crippen molar-refractivity contribution in [2.45, 2.75) is 12.8 Å². The average Bonchev–Trinajstić information content (AvgIpc) is 2.30. The molecule has 0 spiro atoms. The molecule has 1 aromatic rings. The first-order chi connectivity index (χ1) is 7.81. The van der Waals surface area contributed by atoms with Gasteiger partial charge < -0.3 is 15.4 Å². The van der Waals surface area contributed by atoms with E-state index in [1.165, 1.54) is 18.5 Å². The van der Waals surface area contributed by atoms with Gasteiger partial charge in [0.2, 0.25) is 0 Å². The molecule has 1 aliphatic heterocycles. The summed E-state index contributed by atoms with van der Waals surface area (Å²) in [6.45, 7) is 3.01. The Labute approximate surface area is 97.2 Å². The lowest BCUT2D eigenvalue weighted by Gasteiger charge is -2.34. The lowest BCUT2D eigenvalue weighted by molar-refractivity contribution is 0.143. The number of rotatable bonds is 3. The average molecular weight is 220 g/mol. The summed E-state index contributed by atoms with van der Waals surface area (Å²) in [6.07, 6.45) is 2.49. The Bertz CT molecular complexity index is 338. The summed E-state index contributed by atoms with van der Waals surface area (Å²) in [4.78, 5) is 2.38. The lowest BCUT2D eigenvalue weighted by atomic mass is 9.98. The van der Waals surface area contributed by atoms with Crippen LogP contribution in [0.1, 0.15) is 12.8 Å². The molecule has 0 radical (unpaired) electrons. The summed E-state index contributed by atoms with van der Waals surface area (Å²) in [5.41, 5.74) is 8.04. The Morgan fingerprint density at radius 3 is 3.00 bits per heavy atom. The zero-order valence-electron chi connectivity index (χ0n) is 9.86. The summed E-state index contributed by atoms with van der Waals surface area (Å²) in [6, 6.07) is 8.10. The van der Waals surface area contributed by atoms with E-state index in [2.05, 4.69) is 11.0 Å². The van der Waals surface area contributed by atoms with Crippen molar-refractivity contribution in [1.82, 2.24) is 0 Å². The van der Waals surface area contributed by atoms with Gasteiger partial charge >= 0.3 is 0 Å². The number of ether oxygens (including phenoxy) is 1. The van der Waals surface area contributed by atoms with Crippen molar-refractivity contribution >= 4 is 11.4 Å². The first-order valence-corrected chi connectivity index (χ1v) is 5.89. The maximum absolute atomic E-state index is 6.00. The van der Waals surface area contributed by atoms with E-state index in [1.54, 1.807) is 7.11 Å². The predicted molar refractivity (Wildman–Crippen MR) is 67.7 cm³/mol. The van der Waals surface area contributed by atoms with Gasteiger partial charge in [0.05, 0.1) is 18.0 Å². The fourth-order valence-electron chi connectivity index (χ4n) is 2.43. The lowest BCUT2D eigenvalue weighted by Crippen LogP contribution is -2.37. The molecule has 0 amide bonds. The molecule has 0 aliphatic carbocycles. The third-order valence-electron chi connectivity index (χ3n) is 3.20. The smallest absolute Gasteiger partial charge is 0.0600 e. The van der Waals surface area contributed by atoms with Gasteiger partial charge in [-0.25, -0.2) is 0 Å². The number of para-hydroxylation sites is 2. The normalized spacial score (nSPS) is 21.1. The molecule has 3 heteroatoms. The van der Waals surface area contributed by atoms with E-state index >= 15 is 0 Å². The third-order valence-corrected chi connectivity index (χ3v) is 3.20. The van der Waals surface area contributed by atoms with Crippen LogP contribution in [0.5, 0.6) is 0 Å². The van der Waals surface area contributed by atoms with Crippen molar-refractivity contribution in [2.24, 2.45) is 5.92 Å². The Balaban J connectivity index is 2.07. The molecule has 88 valence electrons. The Kier molecular flexibility index (Phi) is 3.67. The van der Waals surface area contributed by atoms with Crippen molar-refractivity contribution in [1.29, 1.82) is 0 Å². The van der Waals surface area contributed by atoms with Crippen molar-refractivity contribution in [3.05, 3.63) is 24.3 Å². The highest BCUT2D eigenvalue weighted by Crippen LogP contribution is 2.27. The van der Waals surface area contributed by atoms with E-state index < -0.39 is 0 Å². The summed E-state index contributed by atoms with van der Waals surface area (Å²) >= 11 is 0. The van der Waals surface area contributed by atoms with Gasteiger partial charge in [0.25, 0.3) is 0 Å². The highest BCUT2D eigenvalue weighted by atomic mass is 16.5. The quantitative estimate of drug-likeness (QED) is 0.793. The van der Waals surface area contributed by atoms with Crippen LogP contribution in [0, 0.1) is 5.92 Å². The number of nitrogens with zero attached hydrogens (tertiary/aromatic N) is 1. The van der Waals surface area contributed by atoms with E-state index in [1.807, 2.05) is 18.2 Å². The Hall–Kier alpha value is -1.22. The van der Waals surface area contributed by atoms with Gasteiger partial charge in [-0.15, -0.1) is 0 Å². The molecule has 1 heterocycles. The highest BCUT2D eigenvalue weighted by molar-refractivity contribution is 5.67. The van der Waals surface area contributed by atoms with E-state index in [4.69, 9.17) is 10.5 Å². The number of hydrogen-bond donors (Lipinski definition) is 1. The number of methoxy groups -OCH3 is 1. The van der Waals surface area contributed by atoms with Crippen LogP contribution in [0.4, 0.5) is 11.4 Å². The molecule has 1 saturated heterocycles. The van der Waals surface area contributed by atoms with Gasteiger partial charge in [0.15, 0.2) is 0 Å². The molecule has 0 bridgehead atoms. The number of piperidine rings is 1. The van der Waals surface area contributed by atoms with Crippen LogP contribution in [0.2, 0.25) is 0 Å². The predicted octanol–water partition coefficient (Wildman–Crippen LogP) is 2.13. The van der Waals surface area contributed by atoms with E-state index in [9.17, 15) is 0 Å². The topological polar surface area (TPSA) is 38.5 Å². The Morgan fingerprint density at radius 2 is 2.25 bits per heavy atom. The van der Waals surface area contributed by atoms with Crippen LogP contribution in [0.15, 0.2) is 24.3 Å². The molecule has 0 aromatic heterocycles. The van der Waals surface area contributed by atoms with Crippen molar-refractivity contribution in [3.8, 4) is 0 Å². The van der Waals surface area contributed by atoms with Crippen molar-refractivity contribution < 1.29 is 4.74 Å². The van der Waals surface area contributed by atoms with Crippen LogP contribution < -0.4 is 10.6 Å². The minimum Gasteiger partial charge on any atom is -0.397 e. The number of nitrogen functional groups attached to an aromatic ring is 1. The largest absolute Gasteiger partial charge is 0.397 e. The summed E-state index contributed by atoms with van der Waals surface area (Å²) in [5, 5.41) is 0. The van der Waals surface area contributed by atoms with Crippen LogP contribution in [-0.2, 0) is 4.74 Å². The molecule has 2 rings (SSSR count). The van der Waals surface area contributed by atoms with Gasteiger partial charge in [-0.1, -0.05) is 12.1 Å². The molecule has 1 atom stereocenters. The molecule has 1 aliphatic rings. The zero-order valence-corrected chi connectivity index (χ0v) is 9.86. The number of hydrogen-bond acceptors (Lipinski definition) is 3. The molecule has 16 heavy (non-hydrogen) atoms. The van der Waals surface area contributed by atoms with E-state index in [0.717, 1.165) is 25.4 Å². The van der Waals surface area contributed by atoms with E-state index in [-0.39, 0.29) is 0 Å². The molecule has 1 fully saturated rings. The van der Waals surface area contributed by atoms with Crippen molar-refractivity contribution in [2.75, 3.05) is 37.4 Å². The first kappa shape index (κ1) is 11.3. The molecule has 1 aromatic carbocycles. The summed E-state index contributed by atoms with van der Waals surface area (Å²) < 4.78 is 5.24.